The molecule has 62 valence electrons. The van der Waals surface area contributed by atoms with E-state index < -0.39 is 12.3 Å². The number of methoxy groups -OCH3 is 1. The molecule has 3 nitrogen and oxygen atoms in total. The van der Waals surface area contributed by atoms with E-state index in [1.807, 2.05) is 6.92 Å². The van der Waals surface area contributed by atoms with Crippen LogP contribution in [0.4, 0.5) is 0 Å². The highest BCUT2D eigenvalue weighted by Crippen LogP contribution is 2.27. The molecule has 11 heavy (non-hydrogen) atoms. The Balaban J connectivity index is 2.86. The molecule has 0 amide bonds. The third-order valence-corrected chi connectivity index (χ3v) is 1.95. The molecule has 0 spiro atoms. The number of carbonyl (C=O) groups is 1. The van der Waals surface area contributed by atoms with E-state index >= 15 is 0 Å². The lowest BCUT2D eigenvalue weighted by atomic mass is 10.2. The van der Waals surface area contributed by atoms with Gasteiger partial charge in [0.1, 0.15) is 5.03 Å². The van der Waals surface area contributed by atoms with E-state index in [1.54, 1.807) is 0 Å². The van der Waals surface area contributed by atoms with Crippen molar-refractivity contribution in [2.45, 2.75) is 19.6 Å². The van der Waals surface area contributed by atoms with Gasteiger partial charge in [-0.25, -0.2) is 4.79 Å². The van der Waals surface area contributed by atoms with Crippen LogP contribution in [0.25, 0.3) is 0 Å². The van der Waals surface area contributed by atoms with E-state index in [1.165, 1.54) is 7.11 Å². The molecule has 1 aliphatic rings. The summed E-state index contributed by atoms with van der Waals surface area (Å²) in [6.45, 7) is 1.89. The van der Waals surface area contributed by atoms with Crippen molar-refractivity contribution in [3.05, 3.63) is 10.6 Å². The average molecular weight is 177 g/mol. The van der Waals surface area contributed by atoms with Gasteiger partial charge in [-0.05, 0) is 6.42 Å². The highest BCUT2D eigenvalue weighted by atomic mass is 35.5. The van der Waals surface area contributed by atoms with Crippen LogP contribution in [0.3, 0.4) is 0 Å². The van der Waals surface area contributed by atoms with Gasteiger partial charge in [0.15, 0.2) is 0 Å². The quantitative estimate of drug-likeness (QED) is 0.597. The number of ether oxygens (including phenoxy) is 2. The van der Waals surface area contributed by atoms with Crippen molar-refractivity contribution in [1.82, 2.24) is 0 Å². The van der Waals surface area contributed by atoms with Crippen LogP contribution in [0.15, 0.2) is 10.6 Å². The second-order valence-corrected chi connectivity index (χ2v) is 2.54. The first kappa shape index (κ1) is 8.56. The molecule has 0 fully saturated rings. The van der Waals surface area contributed by atoms with Crippen LogP contribution in [0.5, 0.6) is 0 Å². The summed E-state index contributed by atoms with van der Waals surface area (Å²) in [6.07, 6.45) is 0.100. The van der Waals surface area contributed by atoms with Gasteiger partial charge in [0, 0.05) is 12.7 Å². The summed E-state index contributed by atoms with van der Waals surface area (Å²) in [6, 6.07) is 0. The molecular formula is C7H9ClO3. The van der Waals surface area contributed by atoms with Crippen LogP contribution in [-0.2, 0) is 14.3 Å². The molecule has 0 aliphatic carbocycles. The predicted molar refractivity (Wildman–Crippen MR) is 40.1 cm³/mol. The number of rotatable bonds is 2. The van der Waals surface area contributed by atoms with Crippen LogP contribution >= 0.6 is 11.6 Å². The van der Waals surface area contributed by atoms with Gasteiger partial charge in [-0.2, -0.15) is 0 Å². The monoisotopic (exact) mass is 176 g/mol. The topological polar surface area (TPSA) is 35.5 Å². The Labute approximate surface area is 69.9 Å². The summed E-state index contributed by atoms with van der Waals surface area (Å²) in [5.41, 5.74) is 0.721. The number of hydrogen-bond acceptors (Lipinski definition) is 3. The number of carbonyl (C=O) groups excluding carboxylic acids is 1. The Morgan fingerprint density at radius 3 is 2.73 bits per heavy atom. The molecular weight excluding hydrogens is 168 g/mol. The lowest BCUT2D eigenvalue weighted by molar-refractivity contribution is -0.155. The van der Waals surface area contributed by atoms with Gasteiger partial charge in [0.05, 0.1) is 0 Å². The predicted octanol–water partition coefficient (Wildman–Crippen LogP) is 1.42. The number of halogens is 1. The van der Waals surface area contributed by atoms with Crippen molar-refractivity contribution in [1.29, 1.82) is 0 Å². The van der Waals surface area contributed by atoms with Crippen LogP contribution < -0.4 is 0 Å². The maximum atomic E-state index is 10.8. The van der Waals surface area contributed by atoms with Crippen molar-refractivity contribution < 1.29 is 14.3 Å². The number of cyclic esters (lactones) is 1. The zero-order chi connectivity index (χ0) is 8.43. The molecule has 1 heterocycles. The molecule has 0 aromatic carbocycles. The third kappa shape index (κ3) is 1.39. The molecule has 0 saturated heterocycles. The highest BCUT2D eigenvalue weighted by molar-refractivity contribution is 6.42. The van der Waals surface area contributed by atoms with Gasteiger partial charge >= 0.3 is 5.97 Å². The van der Waals surface area contributed by atoms with Crippen LogP contribution in [0.1, 0.15) is 13.3 Å². The minimum Gasteiger partial charge on any atom is -0.427 e. The van der Waals surface area contributed by atoms with Gasteiger partial charge in [0.25, 0.3) is 0 Å². The molecule has 0 aromatic heterocycles. The standard InChI is InChI=1S/C7H9ClO3/c1-3-4-5(8)6(9)11-7(4)10-2/h7H,3H2,1-2H3. The molecule has 4 heteroatoms. The third-order valence-electron chi connectivity index (χ3n) is 1.55. The van der Waals surface area contributed by atoms with Crippen LogP contribution in [0, 0.1) is 0 Å². The zero-order valence-corrected chi connectivity index (χ0v) is 7.14. The van der Waals surface area contributed by atoms with Crippen molar-refractivity contribution >= 4 is 17.6 Å². The molecule has 0 radical (unpaired) electrons. The largest absolute Gasteiger partial charge is 0.427 e. The summed E-state index contributed by atoms with van der Waals surface area (Å²) >= 11 is 5.63. The second kappa shape index (κ2) is 3.24. The Bertz CT molecular complexity index is 210. The minimum absolute atomic E-state index is 0.166. The van der Waals surface area contributed by atoms with Gasteiger partial charge in [-0.15, -0.1) is 0 Å². The fraction of sp³-hybridized carbons (Fsp3) is 0.571. The van der Waals surface area contributed by atoms with Gasteiger partial charge < -0.3 is 9.47 Å². The van der Waals surface area contributed by atoms with Gasteiger partial charge in [0.2, 0.25) is 6.29 Å². The Hall–Kier alpha value is -0.540. The molecule has 0 aromatic rings. The number of hydrogen-bond donors (Lipinski definition) is 0. The Kier molecular flexibility index (Phi) is 2.52. The molecule has 1 atom stereocenters. The van der Waals surface area contributed by atoms with Crippen molar-refractivity contribution in [2.75, 3.05) is 7.11 Å². The van der Waals surface area contributed by atoms with E-state index in [9.17, 15) is 4.79 Å². The smallest absolute Gasteiger partial charge is 0.352 e. The van der Waals surface area contributed by atoms with E-state index in [2.05, 4.69) is 0 Å². The lowest BCUT2D eigenvalue weighted by Crippen LogP contribution is -2.13. The molecule has 0 bridgehead atoms. The van der Waals surface area contributed by atoms with E-state index in [0.717, 1.165) is 5.57 Å². The highest BCUT2D eigenvalue weighted by Gasteiger charge is 2.31. The summed E-state index contributed by atoms with van der Waals surface area (Å²) in [4.78, 5) is 10.8. The summed E-state index contributed by atoms with van der Waals surface area (Å²) < 4.78 is 9.63. The summed E-state index contributed by atoms with van der Waals surface area (Å²) in [7, 11) is 1.48. The first-order chi connectivity index (χ1) is 5.20. The molecule has 0 N–H and O–H groups in total. The van der Waals surface area contributed by atoms with E-state index in [4.69, 9.17) is 21.1 Å². The summed E-state index contributed by atoms with van der Waals surface area (Å²) in [5, 5.41) is 0.166. The van der Waals surface area contributed by atoms with Gasteiger partial charge in [-0.3, -0.25) is 0 Å². The minimum atomic E-state index is -0.569. The van der Waals surface area contributed by atoms with E-state index in [0.29, 0.717) is 6.42 Å². The fourth-order valence-corrected chi connectivity index (χ4v) is 1.23. The first-order valence-corrected chi connectivity index (χ1v) is 3.70. The zero-order valence-electron chi connectivity index (χ0n) is 6.39. The maximum absolute atomic E-state index is 10.8. The second-order valence-electron chi connectivity index (χ2n) is 2.17. The molecule has 1 unspecified atom stereocenters. The fourth-order valence-electron chi connectivity index (χ4n) is 0.967. The van der Waals surface area contributed by atoms with Crippen molar-refractivity contribution in [3.8, 4) is 0 Å². The molecule has 0 saturated carbocycles. The first-order valence-electron chi connectivity index (χ1n) is 3.33. The van der Waals surface area contributed by atoms with Crippen molar-refractivity contribution in [2.24, 2.45) is 0 Å². The summed E-state index contributed by atoms with van der Waals surface area (Å²) in [5.74, 6) is -0.490. The van der Waals surface area contributed by atoms with Crippen LogP contribution in [-0.4, -0.2) is 19.4 Å². The number of esters is 1. The Morgan fingerprint density at radius 1 is 1.73 bits per heavy atom. The normalized spacial score (nSPS) is 24.3. The average Bonchev–Trinajstić information content (AvgIpc) is 2.28. The van der Waals surface area contributed by atoms with Crippen LogP contribution in [0.2, 0.25) is 0 Å². The van der Waals surface area contributed by atoms with E-state index in [-0.39, 0.29) is 5.03 Å². The SMILES string of the molecule is CCC1=C(Cl)C(=O)OC1OC. The van der Waals surface area contributed by atoms with Gasteiger partial charge in [-0.1, -0.05) is 18.5 Å². The Morgan fingerprint density at radius 2 is 2.36 bits per heavy atom. The molecule has 1 aliphatic heterocycles. The maximum Gasteiger partial charge on any atom is 0.352 e. The molecule has 1 rings (SSSR count). The van der Waals surface area contributed by atoms with Crippen molar-refractivity contribution in [3.63, 3.8) is 0 Å². The lowest BCUT2D eigenvalue weighted by Gasteiger charge is -2.08.